The minimum Gasteiger partial charge on any atom is -0.372 e. The Hall–Kier alpha value is -2.68. The van der Waals surface area contributed by atoms with Crippen LogP contribution >= 0.6 is 0 Å². The fraction of sp³-hybridized carbons (Fsp3) is 0.474. The van der Waals surface area contributed by atoms with Gasteiger partial charge in [0.05, 0.1) is 12.0 Å². The molecule has 1 aromatic carbocycles. The van der Waals surface area contributed by atoms with E-state index in [1.807, 2.05) is 19.9 Å². The number of nitrogens with zero attached hydrogens (tertiary/aromatic N) is 6. The maximum atomic E-state index is 9.25. The third kappa shape index (κ3) is 4.44. The maximum absolute atomic E-state index is 9.25. The van der Waals surface area contributed by atoms with Crippen LogP contribution < -0.4 is 4.90 Å². The second-order valence-corrected chi connectivity index (χ2v) is 5.97. The Kier molecular flexibility index (Phi) is 6.70. The normalized spacial score (nSPS) is 11.0. The Labute approximate surface area is 149 Å². The number of imidazole rings is 1. The molecule has 0 fully saturated rings. The summed E-state index contributed by atoms with van der Waals surface area (Å²) >= 11 is 0. The summed E-state index contributed by atoms with van der Waals surface area (Å²) in [7, 11) is 0. The van der Waals surface area contributed by atoms with Gasteiger partial charge in [-0.1, -0.05) is 13.8 Å². The van der Waals surface area contributed by atoms with Crippen molar-refractivity contribution in [2.45, 2.75) is 47.1 Å². The number of aryl methyl sites for hydroxylation is 2. The molecule has 0 N–H and O–H groups in total. The number of hydrogen-bond donors (Lipinski definition) is 0. The average molecular weight is 338 g/mol. The second-order valence-electron chi connectivity index (χ2n) is 5.97. The SMILES string of the molecule is CCCN(CCC)c1ccc(N=Nc2ncn(CC)c2C#N)c(C)c1. The van der Waals surface area contributed by atoms with Crippen LogP contribution in [0.3, 0.4) is 0 Å². The summed E-state index contributed by atoms with van der Waals surface area (Å²) in [6.07, 6.45) is 3.87. The molecule has 0 atom stereocenters. The van der Waals surface area contributed by atoms with Crippen LogP contribution in [-0.2, 0) is 6.54 Å². The summed E-state index contributed by atoms with van der Waals surface area (Å²) in [5.41, 5.74) is 3.52. The molecule has 0 aliphatic carbocycles. The Bertz CT molecular complexity index is 763. The van der Waals surface area contributed by atoms with Crippen LogP contribution in [0.4, 0.5) is 17.2 Å². The van der Waals surface area contributed by atoms with Crippen LogP contribution in [0.15, 0.2) is 34.8 Å². The van der Waals surface area contributed by atoms with E-state index in [1.165, 1.54) is 5.69 Å². The van der Waals surface area contributed by atoms with Crippen molar-refractivity contribution in [3.8, 4) is 6.07 Å². The molecular formula is C19H26N6. The summed E-state index contributed by atoms with van der Waals surface area (Å²) in [5.74, 6) is 0.367. The highest BCUT2D eigenvalue weighted by Crippen LogP contribution is 2.27. The maximum Gasteiger partial charge on any atom is 0.210 e. The summed E-state index contributed by atoms with van der Waals surface area (Å²) in [5, 5.41) is 17.7. The molecule has 2 rings (SSSR count). The van der Waals surface area contributed by atoms with Crippen molar-refractivity contribution in [2.75, 3.05) is 18.0 Å². The zero-order chi connectivity index (χ0) is 18.2. The fourth-order valence-corrected chi connectivity index (χ4v) is 2.76. The van der Waals surface area contributed by atoms with Crippen molar-refractivity contribution in [1.29, 1.82) is 5.26 Å². The molecule has 0 bridgehead atoms. The number of aromatic nitrogens is 2. The Morgan fingerprint density at radius 1 is 1.16 bits per heavy atom. The molecule has 0 saturated heterocycles. The lowest BCUT2D eigenvalue weighted by Crippen LogP contribution is -2.24. The van der Waals surface area contributed by atoms with Gasteiger partial charge in [-0.25, -0.2) is 4.98 Å². The van der Waals surface area contributed by atoms with Gasteiger partial charge in [0.15, 0.2) is 5.69 Å². The van der Waals surface area contributed by atoms with Crippen LogP contribution in [0.25, 0.3) is 0 Å². The summed E-state index contributed by atoms with van der Waals surface area (Å²) < 4.78 is 1.76. The molecule has 132 valence electrons. The van der Waals surface area contributed by atoms with Crippen LogP contribution in [0.5, 0.6) is 0 Å². The van der Waals surface area contributed by atoms with Crippen LogP contribution in [0.2, 0.25) is 0 Å². The number of anilines is 1. The zero-order valence-corrected chi connectivity index (χ0v) is 15.5. The van der Waals surface area contributed by atoms with Gasteiger partial charge in [0.25, 0.3) is 0 Å². The minimum absolute atomic E-state index is 0.367. The first-order chi connectivity index (χ1) is 12.1. The van der Waals surface area contributed by atoms with Crippen LogP contribution in [0, 0.1) is 18.3 Å². The van der Waals surface area contributed by atoms with Gasteiger partial charge >= 0.3 is 0 Å². The van der Waals surface area contributed by atoms with Gasteiger partial charge in [-0.15, -0.1) is 10.2 Å². The van der Waals surface area contributed by atoms with Crippen LogP contribution in [0.1, 0.15) is 44.9 Å². The molecule has 0 amide bonds. The smallest absolute Gasteiger partial charge is 0.210 e. The summed E-state index contributed by atoms with van der Waals surface area (Å²) in [6, 6.07) is 8.35. The lowest BCUT2D eigenvalue weighted by atomic mass is 10.1. The standard InChI is InChI=1S/C19H26N6/c1-5-10-25(11-6-2)16-8-9-17(15(4)12-16)22-23-19-18(13-20)24(7-3)14-21-19/h8-9,12,14H,5-7,10-11H2,1-4H3. The first-order valence-corrected chi connectivity index (χ1v) is 8.87. The van der Waals surface area contributed by atoms with E-state index in [0.717, 1.165) is 37.2 Å². The van der Waals surface area contributed by atoms with Gasteiger partial charge in [-0.2, -0.15) is 5.26 Å². The van der Waals surface area contributed by atoms with E-state index in [1.54, 1.807) is 10.9 Å². The summed E-state index contributed by atoms with van der Waals surface area (Å²) in [6.45, 7) is 11.2. The first-order valence-electron chi connectivity index (χ1n) is 8.87. The van der Waals surface area contributed by atoms with Gasteiger partial charge in [0.1, 0.15) is 6.07 Å². The third-order valence-corrected chi connectivity index (χ3v) is 4.05. The summed E-state index contributed by atoms with van der Waals surface area (Å²) in [4.78, 5) is 6.56. The van der Waals surface area contributed by atoms with E-state index in [-0.39, 0.29) is 0 Å². The number of hydrogen-bond acceptors (Lipinski definition) is 5. The molecule has 0 aliphatic rings. The van der Waals surface area contributed by atoms with Gasteiger partial charge in [0.2, 0.25) is 5.82 Å². The highest BCUT2D eigenvalue weighted by molar-refractivity contribution is 5.57. The molecule has 2 aromatic rings. The molecule has 0 radical (unpaired) electrons. The first kappa shape index (κ1) is 18.7. The quantitative estimate of drug-likeness (QED) is 0.627. The molecule has 0 saturated carbocycles. The van der Waals surface area contributed by atoms with E-state index in [4.69, 9.17) is 0 Å². The highest BCUT2D eigenvalue weighted by Gasteiger charge is 2.10. The zero-order valence-electron chi connectivity index (χ0n) is 15.5. The van der Waals surface area contributed by atoms with Crippen molar-refractivity contribution in [3.63, 3.8) is 0 Å². The van der Waals surface area contributed by atoms with E-state index < -0.39 is 0 Å². The monoisotopic (exact) mass is 338 g/mol. The molecule has 1 heterocycles. The predicted molar refractivity (Wildman–Crippen MR) is 101 cm³/mol. The van der Waals surface area contributed by atoms with Crippen molar-refractivity contribution in [3.05, 3.63) is 35.8 Å². The van der Waals surface area contributed by atoms with Crippen molar-refractivity contribution in [2.24, 2.45) is 10.2 Å². The second kappa shape index (κ2) is 8.97. The number of rotatable bonds is 8. The van der Waals surface area contributed by atoms with E-state index in [9.17, 15) is 5.26 Å². The van der Waals surface area contributed by atoms with Crippen molar-refractivity contribution in [1.82, 2.24) is 9.55 Å². The van der Waals surface area contributed by atoms with Gasteiger partial charge in [-0.3, -0.25) is 0 Å². The molecule has 6 nitrogen and oxygen atoms in total. The minimum atomic E-state index is 0.367. The Balaban J connectivity index is 2.24. The van der Waals surface area contributed by atoms with Gasteiger partial charge in [-0.05, 0) is 50.5 Å². The molecule has 6 heteroatoms. The van der Waals surface area contributed by atoms with E-state index in [2.05, 4.69) is 52.2 Å². The van der Waals surface area contributed by atoms with Crippen LogP contribution in [-0.4, -0.2) is 22.6 Å². The Morgan fingerprint density at radius 2 is 1.88 bits per heavy atom. The largest absolute Gasteiger partial charge is 0.372 e. The lowest BCUT2D eigenvalue weighted by molar-refractivity contribution is 0.744. The predicted octanol–water partition coefficient (Wildman–Crippen LogP) is 5.12. The molecule has 0 aliphatic heterocycles. The fourth-order valence-electron chi connectivity index (χ4n) is 2.76. The number of benzene rings is 1. The number of nitriles is 1. The van der Waals surface area contributed by atoms with Gasteiger partial charge < -0.3 is 9.47 Å². The molecule has 0 unspecified atom stereocenters. The molecule has 25 heavy (non-hydrogen) atoms. The average Bonchev–Trinajstić information content (AvgIpc) is 3.02. The van der Waals surface area contributed by atoms with Crippen molar-refractivity contribution < 1.29 is 0 Å². The van der Waals surface area contributed by atoms with E-state index >= 15 is 0 Å². The highest BCUT2D eigenvalue weighted by atomic mass is 15.2. The molecular weight excluding hydrogens is 312 g/mol. The molecule has 0 spiro atoms. The number of azo groups is 1. The topological polar surface area (TPSA) is 69.6 Å². The van der Waals surface area contributed by atoms with Gasteiger partial charge in [0, 0.05) is 25.3 Å². The van der Waals surface area contributed by atoms with Crippen molar-refractivity contribution >= 4 is 17.2 Å². The van der Waals surface area contributed by atoms with E-state index in [0.29, 0.717) is 18.1 Å². The third-order valence-electron chi connectivity index (χ3n) is 4.05. The molecule has 1 aromatic heterocycles. The lowest BCUT2D eigenvalue weighted by Gasteiger charge is -2.24. The Morgan fingerprint density at radius 3 is 2.44 bits per heavy atom.